The number of halogens is 4. The van der Waals surface area contributed by atoms with Gasteiger partial charge in [-0.05, 0) is 31.4 Å². The number of hydrogen-bond donors (Lipinski definition) is 1. The van der Waals surface area contributed by atoms with E-state index in [1.807, 2.05) is 0 Å². The average Bonchev–Trinajstić information content (AvgIpc) is 3.39. The molecule has 2 aromatic rings. The van der Waals surface area contributed by atoms with Crippen LogP contribution in [0.3, 0.4) is 0 Å². The maximum atomic E-state index is 12.3. The third kappa shape index (κ3) is 5.93. The molecule has 2 heterocycles. The molecule has 1 saturated carbocycles. The number of Topliss-reactive ketones (excluding diaryl/α,β-unsaturated/α-hetero) is 1. The van der Waals surface area contributed by atoms with Crippen LogP contribution in [0.15, 0.2) is 22.9 Å². The second kappa shape index (κ2) is 8.40. The molecule has 1 atom stereocenters. The van der Waals surface area contributed by atoms with Crippen molar-refractivity contribution in [1.82, 2.24) is 15.3 Å². The molecule has 156 valence electrons. The Kier molecular flexibility index (Phi) is 6.11. The summed E-state index contributed by atoms with van der Waals surface area (Å²) in [6.07, 6.45) is -0.224. The number of carbonyl (C=O) groups is 2. The second-order valence-electron chi connectivity index (χ2n) is 6.69. The van der Waals surface area contributed by atoms with Crippen LogP contribution in [-0.2, 0) is 11.2 Å². The number of oxazole rings is 1. The van der Waals surface area contributed by atoms with Crippen LogP contribution in [0.25, 0.3) is 0 Å². The van der Waals surface area contributed by atoms with E-state index in [-0.39, 0.29) is 40.7 Å². The van der Waals surface area contributed by atoms with Crippen LogP contribution in [-0.4, -0.2) is 34.4 Å². The highest BCUT2D eigenvalue weighted by Gasteiger charge is 2.31. The Bertz CT molecular complexity index is 912. The Morgan fingerprint density at radius 1 is 1.34 bits per heavy atom. The van der Waals surface area contributed by atoms with E-state index in [9.17, 15) is 22.8 Å². The van der Waals surface area contributed by atoms with E-state index in [1.165, 1.54) is 18.5 Å². The van der Waals surface area contributed by atoms with Gasteiger partial charge in [-0.15, -0.1) is 0 Å². The molecule has 3 rings (SSSR count). The number of hydrogen-bond acceptors (Lipinski definition) is 6. The van der Waals surface area contributed by atoms with Crippen molar-refractivity contribution in [3.05, 3.63) is 40.7 Å². The minimum atomic E-state index is -4.51. The van der Waals surface area contributed by atoms with Gasteiger partial charge >= 0.3 is 6.18 Å². The zero-order chi connectivity index (χ0) is 21.2. The molecule has 1 unspecified atom stereocenters. The van der Waals surface area contributed by atoms with Crippen LogP contribution >= 0.6 is 11.6 Å². The normalized spacial score (nSPS) is 15.1. The zero-order valence-corrected chi connectivity index (χ0v) is 16.0. The lowest BCUT2D eigenvalue weighted by molar-refractivity contribution is -0.154. The summed E-state index contributed by atoms with van der Waals surface area (Å²) in [5, 5.41) is 2.52. The Hall–Kier alpha value is -2.62. The molecule has 1 amide bonds. The zero-order valence-electron chi connectivity index (χ0n) is 15.3. The van der Waals surface area contributed by atoms with E-state index in [1.54, 1.807) is 6.92 Å². The number of pyridine rings is 1. The largest absolute Gasteiger partial charge is 0.467 e. The van der Waals surface area contributed by atoms with E-state index in [0.717, 1.165) is 12.8 Å². The van der Waals surface area contributed by atoms with Crippen molar-refractivity contribution in [2.75, 3.05) is 6.61 Å². The summed E-state index contributed by atoms with van der Waals surface area (Å²) in [5.41, 5.74) is 0.450. The molecular weight excluding hydrogens is 415 g/mol. The van der Waals surface area contributed by atoms with Gasteiger partial charge in [-0.25, -0.2) is 9.97 Å². The van der Waals surface area contributed by atoms with Gasteiger partial charge in [0.2, 0.25) is 17.5 Å². The molecule has 0 bridgehead atoms. The first-order chi connectivity index (χ1) is 13.6. The molecular formula is C18H17ClF3N3O4. The first-order valence-electron chi connectivity index (χ1n) is 8.75. The van der Waals surface area contributed by atoms with Gasteiger partial charge in [0.15, 0.2) is 6.61 Å². The van der Waals surface area contributed by atoms with Crippen LogP contribution in [0.1, 0.15) is 47.8 Å². The topological polar surface area (TPSA) is 94.3 Å². The maximum Gasteiger partial charge on any atom is 0.422 e. The molecule has 29 heavy (non-hydrogen) atoms. The summed E-state index contributed by atoms with van der Waals surface area (Å²) >= 11 is 5.91. The van der Waals surface area contributed by atoms with Gasteiger partial charge in [0, 0.05) is 12.1 Å². The number of ketones is 1. The first-order valence-corrected chi connectivity index (χ1v) is 9.13. The van der Waals surface area contributed by atoms with Crippen molar-refractivity contribution in [2.45, 2.75) is 38.4 Å². The fourth-order valence-corrected chi connectivity index (χ4v) is 2.71. The number of nitrogens with zero attached hydrogens (tertiary/aromatic N) is 2. The fraction of sp³-hybridized carbons (Fsp3) is 0.444. The SMILES string of the molecule is CC(NC(=O)c1cnc(CC(=O)C2CC2)o1)c1cnc(OCC(F)(F)F)c(Cl)c1. The molecule has 0 spiro atoms. The molecule has 0 aliphatic heterocycles. The van der Waals surface area contributed by atoms with Crippen LogP contribution < -0.4 is 10.1 Å². The lowest BCUT2D eigenvalue weighted by Crippen LogP contribution is -2.26. The Labute approximate surface area is 168 Å². The van der Waals surface area contributed by atoms with Crippen molar-refractivity contribution < 1.29 is 31.9 Å². The van der Waals surface area contributed by atoms with E-state index in [2.05, 4.69) is 20.0 Å². The number of carbonyl (C=O) groups excluding carboxylic acids is 2. The van der Waals surface area contributed by atoms with Gasteiger partial charge in [-0.3, -0.25) is 9.59 Å². The molecule has 1 fully saturated rings. The summed E-state index contributed by atoms with van der Waals surface area (Å²) in [7, 11) is 0. The summed E-state index contributed by atoms with van der Waals surface area (Å²) in [4.78, 5) is 31.8. The predicted molar refractivity (Wildman–Crippen MR) is 94.6 cm³/mol. The molecule has 0 radical (unpaired) electrons. The number of nitrogens with one attached hydrogen (secondary N) is 1. The quantitative estimate of drug-likeness (QED) is 0.685. The third-order valence-electron chi connectivity index (χ3n) is 4.18. The Morgan fingerprint density at radius 2 is 2.07 bits per heavy atom. The number of aromatic nitrogens is 2. The molecule has 1 aliphatic carbocycles. The third-order valence-corrected chi connectivity index (χ3v) is 4.46. The van der Waals surface area contributed by atoms with Gasteiger partial charge in [-0.2, -0.15) is 13.2 Å². The summed E-state index contributed by atoms with van der Waals surface area (Å²) in [6.45, 7) is 0.123. The molecule has 1 N–H and O–H groups in total. The van der Waals surface area contributed by atoms with E-state index in [0.29, 0.717) is 5.56 Å². The van der Waals surface area contributed by atoms with Crippen molar-refractivity contribution in [2.24, 2.45) is 5.92 Å². The lowest BCUT2D eigenvalue weighted by atomic mass is 10.1. The van der Waals surface area contributed by atoms with Gasteiger partial charge < -0.3 is 14.5 Å². The average molecular weight is 432 g/mol. The minimum Gasteiger partial charge on any atom is -0.467 e. The van der Waals surface area contributed by atoms with Crippen LogP contribution in [0, 0.1) is 5.92 Å². The van der Waals surface area contributed by atoms with Crippen molar-refractivity contribution in [1.29, 1.82) is 0 Å². The smallest absolute Gasteiger partial charge is 0.422 e. The summed E-state index contributed by atoms with van der Waals surface area (Å²) in [5.74, 6) is -0.689. The Morgan fingerprint density at radius 3 is 2.69 bits per heavy atom. The molecule has 2 aromatic heterocycles. The van der Waals surface area contributed by atoms with Gasteiger partial charge in [0.25, 0.3) is 5.91 Å². The van der Waals surface area contributed by atoms with Crippen molar-refractivity contribution >= 4 is 23.3 Å². The van der Waals surface area contributed by atoms with E-state index in [4.69, 9.17) is 16.0 Å². The lowest BCUT2D eigenvalue weighted by Gasteiger charge is -2.15. The first kappa shape index (κ1) is 21.1. The predicted octanol–water partition coefficient (Wildman–Crippen LogP) is 3.68. The summed E-state index contributed by atoms with van der Waals surface area (Å²) < 4.78 is 46.5. The van der Waals surface area contributed by atoms with Crippen LogP contribution in [0.5, 0.6) is 5.88 Å². The highest BCUT2D eigenvalue weighted by Crippen LogP contribution is 2.31. The number of amides is 1. The van der Waals surface area contributed by atoms with Gasteiger partial charge in [0.1, 0.15) is 10.8 Å². The highest BCUT2D eigenvalue weighted by atomic mass is 35.5. The van der Waals surface area contributed by atoms with Crippen molar-refractivity contribution in [3.8, 4) is 5.88 Å². The monoisotopic (exact) mass is 431 g/mol. The minimum absolute atomic E-state index is 0.0423. The molecule has 1 aliphatic rings. The van der Waals surface area contributed by atoms with Crippen LogP contribution in [0.2, 0.25) is 5.02 Å². The van der Waals surface area contributed by atoms with E-state index < -0.39 is 24.7 Å². The number of rotatable bonds is 8. The van der Waals surface area contributed by atoms with E-state index >= 15 is 0 Å². The molecule has 7 nitrogen and oxygen atoms in total. The molecule has 0 aromatic carbocycles. The second-order valence-corrected chi connectivity index (χ2v) is 7.10. The molecule has 0 saturated heterocycles. The highest BCUT2D eigenvalue weighted by molar-refractivity contribution is 6.31. The number of alkyl halides is 3. The fourth-order valence-electron chi connectivity index (χ4n) is 2.48. The van der Waals surface area contributed by atoms with Crippen molar-refractivity contribution in [3.63, 3.8) is 0 Å². The molecule has 11 heteroatoms. The van der Waals surface area contributed by atoms with Gasteiger partial charge in [-0.1, -0.05) is 11.6 Å². The maximum absolute atomic E-state index is 12.3. The van der Waals surface area contributed by atoms with Crippen LogP contribution in [0.4, 0.5) is 13.2 Å². The Balaban J connectivity index is 1.58. The van der Waals surface area contributed by atoms with Gasteiger partial charge in [0.05, 0.1) is 18.7 Å². The summed E-state index contributed by atoms with van der Waals surface area (Å²) in [6, 6.07) is 0.775. The standard InChI is InChI=1S/C18H17ClF3N3O4/c1-9(11-4-12(19)17(24-6-11)28-8-18(20,21)22)25-16(27)14-7-23-15(29-14)5-13(26)10-2-3-10/h4,6-7,9-10H,2-3,5,8H2,1H3,(H,25,27). The number of ether oxygens (including phenoxy) is 1.